The molecule has 1 amide bonds. The fourth-order valence-corrected chi connectivity index (χ4v) is 1.74. The molecule has 1 aromatic rings. The SMILES string of the molecule is CN1C(=O)C(CN)Oc2ccc(C(F)(F)F)cc21. The zero-order chi connectivity index (χ0) is 13.5. The van der Waals surface area contributed by atoms with Crippen molar-refractivity contribution in [2.45, 2.75) is 12.3 Å². The predicted octanol–water partition coefficient (Wildman–Crippen LogP) is 1.39. The molecule has 0 bridgehead atoms. The molecule has 1 aromatic carbocycles. The first kappa shape index (κ1) is 12.7. The highest BCUT2D eigenvalue weighted by molar-refractivity contribution is 5.99. The first-order valence-electron chi connectivity index (χ1n) is 5.20. The van der Waals surface area contributed by atoms with Gasteiger partial charge in [-0.25, -0.2) is 0 Å². The molecular weight excluding hydrogens is 249 g/mol. The quantitative estimate of drug-likeness (QED) is 0.830. The van der Waals surface area contributed by atoms with Gasteiger partial charge in [-0.1, -0.05) is 0 Å². The van der Waals surface area contributed by atoms with Crippen molar-refractivity contribution in [3.05, 3.63) is 23.8 Å². The number of rotatable bonds is 1. The molecule has 0 saturated carbocycles. The van der Waals surface area contributed by atoms with E-state index in [1.54, 1.807) is 0 Å². The molecule has 2 N–H and O–H groups in total. The highest BCUT2D eigenvalue weighted by Gasteiger charge is 2.35. The van der Waals surface area contributed by atoms with E-state index < -0.39 is 23.8 Å². The molecular formula is C11H11F3N2O2. The van der Waals surface area contributed by atoms with Crippen LogP contribution in [-0.4, -0.2) is 25.6 Å². The molecule has 1 aliphatic rings. The molecule has 0 saturated heterocycles. The van der Waals surface area contributed by atoms with Gasteiger partial charge in [0, 0.05) is 13.6 Å². The maximum absolute atomic E-state index is 12.6. The van der Waals surface area contributed by atoms with Crippen molar-refractivity contribution in [2.75, 3.05) is 18.5 Å². The van der Waals surface area contributed by atoms with Gasteiger partial charge in [-0.15, -0.1) is 0 Å². The van der Waals surface area contributed by atoms with Crippen molar-refractivity contribution in [2.24, 2.45) is 5.73 Å². The molecule has 1 heterocycles. The summed E-state index contributed by atoms with van der Waals surface area (Å²) in [5, 5.41) is 0. The monoisotopic (exact) mass is 260 g/mol. The van der Waals surface area contributed by atoms with Gasteiger partial charge < -0.3 is 15.4 Å². The summed E-state index contributed by atoms with van der Waals surface area (Å²) in [5.41, 5.74) is 4.63. The third-order valence-corrected chi connectivity index (χ3v) is 2.74. The number of hydrogen-bond acceptors (Lipinski definition) is 3. The molecule has 0 spiro atoms. The van der Waals surface area contributed by atoms with Gasteiger partial charge in [0.25, 0.3) is 5.91 Å². The largest absolute Gasteiger partial charge is 0.477 e. The van der Waals surface area contributed by atoms with E-state index in [4.69, 9.17) is 10.5 Å². The number of halogens is 3. The third kappa shape index (κ3) is 2.01. The lowest BCUT2D eigenvalue weighted by molar-refractivity contribution is -0.137. The normalized spacial score (nSPS) is 19.5. The minimum absolute atomic E-state index is 0.0242. The zero-order valence-electron chi connectivity index (χ0n) is 9.49. The molecule has 0 aromatic heterocycles. The standard InChI is InChI=1S/C11H11F3N2O2/c1-16-7-4-6(11(12,13)14)2-3-8(7)18-9(5-15)10(16)17/h2-4,9H,5,15H2,1H3. The second kappa shape index (κ2) is 4.16. The molecule has 1 atom stereocenters. The molecule has 0 fully saturated rings. The topological polar surface area (TPSA) is 55.6 Å². The van der Waals surface area contributed by atoms with Crippen LogP contribution in [0.25, 0.3) is 0 Å². The summed E-state index contributed by atoms with van der Waals surface area (Å²) in [6, 6.07) is 3.00. The lowest BCUT2D eigenvalue weighted by Crippen LogP contribution is -2.47. The van der Waals surface area contributed by atoms with E-state index in [0.717, 1.165) is 17.0 Å². The summed E-state index contributed by atoms with van der Waals surface area (Å²) in [7, 11) is 1.40. The maximum atomic E-state index is 12.6. The van der Waals surface area contributed by atoms with Crippen molar-refractivity contribution in [3.63, 3.8) is 0 Å². The van der Waals surface area contributed by atoms with Crippen LogP contribution in [0.3, 0.4) is 0 Å². The highest BCUT2D eigenvalue weighted by Crippen LogP contribution is 2.38. The van der Waals surface area contributed by atoms with Gasteiger partial charge in [-0.3, -0.25) is 4.79 Å². The number of likely N-dealkylation sites (N-methyl/N-ethyl adjacent to an activating group) is 1. The van der Waals surface area contributed by atoms with Crippen LogP contribution >= 0.6 is 0 Å². The van der Waals surface area contributed by atoms with Crippen LogP contribution in [0.4, 0.5) is 18.9 Å². The highest BCUT2D eigenvalue weighted by atomic mass is 19.4. The molecule has 2 rings (SSSR count). The number of fused-ring (bicyclic) bond motifs is 1. The predicted molar refractivity (Wildman–Crippen MR) is 58.3 cm³/mol. The minimum atomic E-state index is -4.45. The summed E-state index contributed by atoms with van der Waals surface area (Å²) < 4.78 is 42.9. The Morgan fingerprint density at radius 2 is 2.11 bits per heavy atom. The van der Waals surface area contributed by atoms with Crippen LogP contribution in [0, 0.1) is 0 Å². The molecule has 7 heteroatoms. The van der Waals surface area contributed by atoms with Crippen LogP contribution in [0.5, 0.6) is 5.75 Å². The number of carbonyl (C=O) groups excluding carboxylic acids is 1. The molecule has 0 aliphatic carbocycles. The number of ether oxygens (including phenoxy) is 1. The van der Waals surface area contributed by atoms with E-state index in [-0.39, 0.29) is 18.0 Å². The van der Waals surface area contributed by atoms with Gasteiger partial charge in [-0.05, 0) is 18.2 Å². The van der Waals surface area contributed by atoms with Crippen molar-refractivity contribution in [1.29, 1.82) is 0 Å². The van der Waals surface area contributed by atoms with Crippen LogP contribution < -0.4 is 15.4 Å². The number of alkyl halides is 3. The Morgan fingerprint density at radius 3 is 2.67 bits per heavy atom. The summed E-state index contributed by atoms with van der Waals surface area (Å²) >= 11 is 0. The number of amides is 1. The van der Waals surface area contributed by atoms with E-state index in [0.29, 0.717) is 0 Å². The number of nitrogens with two attached hydrogens (primary N) is 1. The van der Waals surface area contributed by atoms with E-state index in [1.165, 1.54) is 13.1 Å². The first-order chi connectivity index (χ1) is 8.34. The molecule has 1 aliphatic heterocycles. The fourth-order valence-electron chi connectivity index (χ4n) is 1.74. The number of benzene rings is 1. The lowest BCUT2D eigenvalue weighted by Gasteiger charge is -2.31. The van der Waals surface area contributed by atoms with Crippen LogP contribution in [-0.2, 0) is 11.0 Å². The minimum Gasteiger partial charge on any atom is -0.477 e. The molecule has 98 valence electrons. The summed E-state index contributed by atoms with van der Waals surface area (Å²) in [6.07, 6.45) is -5.30. The molecule has 18 heavy (non-hydrogen) atoms. The second-order valence-electron chi connectivity index (χ2n) is 3.92. The average Bonchev–Trinajstić information content (AvgIpc) is 2.32. The summed E-state index contributed by atoms with van der Waals surface area (Å²) in [5.74, 6) is -0.232. The van der Waals surface area contributed by atoms with Crippen molar-refractivity contribution >= 4 is 11.6 Å². The fraction of sp³-hybridized carbons (Fsp3) is 0.364. The Bertz CT molecular complexity index is 488. The van der Waals surface area contributed by atoms with Crippen molar-refractivity contribution in [1.82, 2.24) is 0 Å². The zero-order valence-corrected chi connectivity index (χ0v) is 9.49. The Kier molecular flexibility index (Phi) is 2.94. The van der Waals surface area contributed by atoms with Gasteiger partial charge in [0.15, 0.2) is 6.10 Å². The Balaban J connectivity index is 2.46. The van der Waals surface area contributed by atoms with Gasteiger partial charge >= 0.3 is 6.18 Å². The van der Waals surface area contributed by atoms with Crippen LogP contribution in [0.2, 0.25) is 0 Å². The number of nitrogens with zero attached hydrogens (tertiary/aromatic N) is 1. The van der Waals surface area contributed by atoms with Gasteiger partial charge in [0.2, 0.25) is 0 Å². The second-order valence-corrected chi connectivity index (χ2v) is 3.92. The van der Waals surface area contributed by atoms with E-state index in [2.05, 4.69) is 0 Å². The number of anilines is 1. The third-order valence-electron chi connectivity index (χ3n) is 2.74. The summed E-state index contributed by atoms with van der Waals surface area (Å²) in [6.45, 7) is -0.0242. The van der Waals surface area contributed by atoms with Gasteiger partial charge in [0.1, 0.15) is 5.75 Å². The average molecular weight is 260 g/mol. The Morgan fingerprint density at radius 1 is 1.44 bits per heavy atom. The van der Waals surface area contributed by atoms with E-state index in [9.17, 15) is 18.0 Å². The molecule has 4 nitrogen and oxygen atoms in total. The van der Waals surface area contributed by atoms with Gasteiger partial charge in [0.05, 0.1) is 11.3 Å². The maximum Gasteiger partial charge on any atom is 0.416 e. The first-order valence-corrected chi connectivity index (χ1v) is 5.20. The summed E-state index contributed by atoms with van der Waals surface area (Å²) in [4.78, 5) is 12.9. The van der Waals surface area contributed by atoms with Crippen molar-refractivity contribution in [3.8, 4) is 5.75 Å². The Hall–Kier alpha value is -1.76. The lowest BCUT2D eigenvalue weighted by atomic mass is 10.1. The van der Waals surface area contributed by atoms with E-state index >= 15 is 0 Å². The Labute approximate surface area is 101 Å². The number of hydrogen-bond donors (Lipinski definition) is 1. The van der Waals surface area contributed by atoms with E-state index in [1.807, 2.05) is 0 Å². The van der Waals surface area contributed by atoms with Crippen LogP contribution in [0.15, 0.2) is 18.2 Å². The van der Waals surface area contributed by atoms with Crippen molar-refractivity contribution < 1.29 is 22.7 Å². The molecule has 1 unspecified atom stereocenters. The van der Waals surface area contributed by atoms with Gasteiger partial charge in [-0.2, -0.15) is 13.2 Å². The number of carbonyl (C=O) groups is 1. The smallest absolute Gasteiger partial charge is 0.416 e. The van der Waals surface area contributed by atoms with Crippen LogP contribution in [0.1, 0.15) is 5.56 Å². The molecule has 0 radical (unpaired) electrons.